The van der Waals surface area contributed by atoms with Gasteiger partial charge in [0, 0.05) is 13.0 Å². The maximum absolute atomic E-state index is 4.08. The lowest BCUT2D eigenvalue weighted by molar-refractivity contribution is 0.449. The van der Waals surface area contributed by atoms with Crippen LogP contribution in [0.2, 0.25) is 0 Å². The highest BCUT2D eigenvalue weighted by molar-refractivity contribution is 4.82. The van der Waals surface area contributed by atoms with Crippen LogP contribution in [0.1, 0.15) is 46.4 Å². The summed E-state index contributed by atoms with van der Waals surface area (Å²) >= 11 is 0. The van der Waals surface area contributed by atoms with E-state index in [-0.39, 0.29) is 0 Å². The summed E-state index contributed by atoms with van der Waals surface area (Å²) < 4.78 is 1.95. The van der Waals surface area contributed by atoms with Gasteiger partial charge in [0.25, 0.3) is 0 Å². The fourth-order valence-electron chi connectivity index (χ4n) is 1.38. The van der Waals surface area contributed by atoms with Gasteiger partial charge in [-0.15, -0.1) is 5.10 Å². The van der Waals surface area contributed by atoms with E-state index in [4.69, 9.17) is 0 Å². The molecule has 1 aromatic rings. The summed E-state index contributed by atoms with van der Waals surface area (Å²) in [5.41, 5.74) is 0. The number of hydrogen-bond donors (Lipinski definition) is 0. The van der Waals surface area contributed by atoms with E-state index in [1.807, 2.05) is 4.68 Å². The van der Waals surface area contributed by atoms with Gasteiger partial charge in [0.2, 0.25) is 0 Å². The van der Waals surface area contributed by atoms with E-state index in [0.29, 0.717) is 11.8 Å². The number of aromatic nitrogens is 4. The third-order valence-electron chi connectivity index (χ3n) is 2.75. The molecular formula is C11H22N4. The van der Waals surface area contributed by atoms with Crippen molar-refractivity contribution in [3.05, 3.63) is 5.82 Å². The van der Waals surface area contributed by atoms with E-state index >= 15 is 0 Å². The summed E-state index contributed by atoms with van der Waals surface area (Å²) in [7, 11) is 0. The monoisotopic (exact) mass is 210 g/mol. The molecule has 0 amide bonds. The van der Waals surface area contributed by atoms with Crippen LogP contribution in [0.15, 0.2) is 0 Å². The van der Waals surface area contributed by atoms with Gasteiger partial charge in [-0.05, 0) is 28.7 Å². The van der Waals surface area contributed by atoms with Crippen LogP contribution in [0, 0.1) is 11.8 Å². The molecule has 4 heteroatoms. The highest BCUT2D eigenvalue weighted by atomic mass is 15.5. The Morgan fingerprint density at radius 2 is 2.00 bits per heavy atom. The number of rotatable bonds is 6. The van der Waals surface area contributed by atoms with E-state index in [2.05, 4.69) is 43.2 Å². The first-order valence-corrected chi connectivity index (χ1v) is 5.88. The third-order valence-corrected chi connectivity index (χ3v) is 2.75. The van der Waals surface area contributed by atoms with Gasteiger partial charge < -0.3 is 0 Å². The number of aryl methyl sites for hydroxylation is 1. The van der Waals surface area contributed by atoms with Crippen molar-refractivity contribution in [1.82, 2.24) is 20.2 Å². The van der Waals surface area contributed by atoms with Gasteiger partial charge in [-0.25, -0.2) is 4.68 Å². The quantitative estimate of drug-likeness (QED) is 0.723. The lowest BCUT2D eigenvalue weighted by atomic mass is 10.1. The molecule has 86 valence electrons. The SMILES string of the molecule is CCC(C)Cc1nnnn1CCC(C)C. The molecule has 0 aliphatic heterocycles. The second kappa shape index (κ2) is 5.83. The lowest BCUT2D eigenvalue weighted by Crippen LogP contribution is -2.11. The lowest BCUT2D eigenvalue weighted by Gasteiger charge is -2.09. The topological polar surface area (TPSA) is 43.6 Å². The minimum atomic E-state index is 0.661. The molecule has 0 bridgehead atoms. The van der Waals surface area contributed by atoms with Crippen molar-refractivity contribution >= 4 is 0 Å². The normalized spacial score (nSPS) is 13.4. The van der Waals surface area contributed by atoms with E-state index in [0.717, 1.165) is 25.2 Å². The largest absolute Gasteiger partial charge is 0.230 e. The number of tetrazole rings is 1. The van der Waals surface area contributed by atoms with Crippen molar-refractivity contribution in [3.8, 4) is 0 Å². The summed E-state index contributed by atoms with van der Waals surface area (Å²) in [5, 5.41) is 11.9. The van der Waals surface area contributed by atoms with E-state index < -0.39 is 0 Å². The molecule has 0 spiro atoms. The van der Waals surface area contributed by atoms with Gasteiger partial charge in [0.15, 0.2) is 5.82 Å². The van der Waals surface area contributed by atoms with Crippen LogP contribution < -0.4 is 0 Å². The van der Waals surface area contributed by atoms with Crippen LogP contribution >= 0.6 is 0 Å². The Hall–Kier alpha value is -0.930. The molecule has 1 aromatic heterocycles. The highest BCUT2D eigenvalue weighted by Gasteiger charge is 2.09. The van der Waals surface area contributed by atoms with Crippen molar-refractivity contribution in [2.24, 2.45) is 11.8 Å². The molecule has 4 nitrogen and oxygen atoms in total. The zero-order valence-corrected chi connectivity index (χ0v) is 10.3. The molecule has 1 atom stereocenters. The van der Waals surface area contributed by atoms with Crippen LogP contribution in [-0.2, 0) is 13.0 Å². The van der Waals surface area contributed by atoms with Gasteiger partial charge >= 0.3 is 0 Å². The fourth-order valence-corrected chi connectivity index (χ4v) is 1.38. The van der Waals surface area contributed by atoms with Gasteiger partial charge in [-0.1, -0.05) is 34.1 Å². The van der Waals surface area contributed by atoms with Crippen molar-refractivity contribution in [2.75, 3.05) is 0 Å². The minimum absolute atomic E-state index is 0.661. The van der Waals surface area contributed by atoms with Crippen molar-refractivity contribution in [2.45, 2.75) is 53.5 Å². The first-order valence-electron chi connectivity index (χ1n) is 5.88. The summed E-state index contributed by atoms with van der Waals surface area (Å²) in [6.45, 7) is 9.82. The summed E-state index contributed by atoms with van der Waals surface area (Å²) in [6.07, 6.45) is 3.30. The Balaban J connectivity index is 2.53. The van der Waals surface area contributed by atoms with E-state index in [9.17, 15) is 0 Å². The highest BCUT2D eigenvalue weighted by Crippen LogP contribution is 2.09. The van der Waals surface area contributed by atoms with Gasteiger partial charge in [0.1, 0.15) is 0 Å². The van der Waals surface area contributed by atoms with Crippen LogP contribution in [0.3, 0.4) is 0 Å². The molecule has 0 saturated heterocycles. The molecule has 1 unspecified atom stereocenters. The van der Waals surface area contributed by atoms with Crippen molar-refractivity contribution < 1.29 is 0 Å². The maximum Gasteiger partial charge on any atom is 0.151 e. The first kappa shape index (κ1) is 12.1. The standard InChI is InChI=1S/C11H22N4/c1-5-10(4)8-11-12-13-14-15(11)7-6-9(2)3/h9-10H,5-8H2,1-4H3. The molecule has 0 aliphatic rings. The summed E-state index contributed by atoms with van der Waals surface area (Å²) in [6, 6.07) is 0. The predicted molar refractivity (Wildman–Crippen MR) is 60.4 cm³/mol. The average Bonchev–Trinajstić information content (AvgIpc) is 2.62. The molecule has 1 rings (SSSR count). The van der Waals surface area contributed by atoms with Gasteiger partial charge in [0.05, 0.1) is 0 Å². The average molecular weight is 210 g/mol. The fraction of sp³-hybridized carbons (Fsp3) is 0.909. The molecule has 0 radical (unpaired) electrons. The molecule has 0 N–H and O–H groups in total. The van der Waals surface area contributed by atoms with Crippen molar-refractivity contribution in [1.29, 1.82) is 0 Å². The number of hydrogen-bond acceptors (Lipinski definition) is 3. The smallest absolute Gasteiger partial charge is 0.151 e. The van der Waals surface area contributed by atoms with Crippen LogP contribution in [0.25, 0.3) is 0 Å². The molecule has 1 heterocycles. The second-order valence-electron chi connectivity index (χ2n) is 4.72. The zero-order chi connectivity index (χ0) is 11.3. The van der Waals surface area contributed by atoms with Crippen LogP contribution in [0.4, 0.5) is 0 Å². The third kappa shape index (κ3) is 3.98. The minimum Gasteiger partial charge on any atom is -0.230 e. The molecule has 0 aromatic carbocycles. The Morgan fingerprint density at radius 3 is 2.60 bits per heavy atom. The number of nitrogens with zero attached hydrogens (tertiary/aromatic N) is 4. The maximum atomic E-state index is 4.08. The summed E-state index contributed by atoms with van der Waals surface area (Å²) in [4.78, 5) is 0. The Labute approximate surface area is 92.1 Å². The molecule has 0 saturated carbocycles. The van der Waals surface area contributed by atoms with Crippen LogP contribution in [-0.4, -0.2) is 20.2 Å². The molecular weight excluding hydrogens is 188 g/mol. The van der Waals surface area contributed by atoms with Gasteiger partial charge in [-0.2, -0.15) is 0 Å². The molecule has 15 heavy (non-hydrogen) atoms. The summed E-state index contributed by atoms with van der Waals surface area (Å²) in [5.74, 6) is 2.39. The van der Waals surface area contributed by atoms with E-state index in [1.54, 1.807) is 0 Å². The zero-order valence-electron chi connectivity index (χ0n) is 10.3. The Morgan fingerprint density at radius 1 is 1.27 bits per heavy atom. The molecule has 0 fully saturated rings. The second-order valence-corrected chi connectivity index (χ2v) is 4.72. The van der Waals surface area contributed by atoms with Crippen LogP contribution in [0.5, 0.6) is 0 Å². The first-order chi connectivity index (χ1) is 7.13. The Bertz CT molecular complexity index is 280. The van der Waals surface area contributed by atoms with Crippen molar-refractivity contribution in [3.63, 3.8) is 0 Å². The predicted octanol–water partition coefficient (Wildman–Crippen LogP) is 2.31. The van der Waals surface area contributed by atoms with Gasteiger partial charge in [-0.3, -0.25) is 0 Å². The Kier molecular flexibility index (Phi) is 4.72. The molecule has 0 aliphatic carbocycles. The van der Waals surface area contributed by atoms with E-state index in [1.165, 1.54) is 6.42 Å².